The number of ether oxygens (including phenoxy) is 1. The number of anilines is 1. The lowest BCUT2D eigenvalue weighted by Crippen LogP contribution is -2.25. The zero-order chi connectivity index (χ0) is 19.6. The average Bonchev–Trinajstić information content (AvgIpc) is 2.66. The Kier molecular flexibility index (Phi) is 5.16. The first-order valence-corrected chi connectivity index (χ1v) is 8.72. The summed E-state index contributed by atoms with van der Waals surface area (Å²) in [6.07, 6.45) is 1.96. The van der Waals surface area contributed by atoms with E-state index in [1.54, 1.807) is 31.3 Å². The molecule has 140 valence electrons. The Hall–Kier alpha value is -3.28. The van der Waals surface area contributed by atoms with Crippen LogP contribution < -0.4 is 10.5 Å². The molecule has 0 atom stereocenters. The number of carbonyl (C=O) groups excluding carboxylic acids is 1. The van der Waals surface area contributed by atoms with Crippen LogP contribution in [0, 0.1) is 0 Å². The molecule has 6 heteroatoms. The molecule has 0 aliphatic heterocycles. The van der Waals surface area contributed by atoms with E-state index in [2.05, 4.69) is 0 Å². The van der Waals surface area contributed by atoms with Crippen molar-refractivity contribution in [2.45, 2.75) is 13.3 Å². The van der Waals surface area contributed by atoms with Crippen LogP contribution in [0.4, 0.5) is 5.69 Å². The molecular formula is C21H22N2O4. The van der Waals surface area contributed by atoms with Gasteiger partial charge in [-0.1, -0.05) is 18.2 Å². The Morgan fingerprint density at radius 1 is 1.15 bits per heavy atom. The van der Waals surface area contributed by atoms with Crippen LogP contribution in [0.5, 0.6) is 5.75 Å². The van der Waals surface area contributed by atoms with E-state index in [1.165, 1.54) is 4.40 Å². The predicted octanol–water partition coefficient (Wildman–Crippen LogP) is 2.84. The highest BCUT2D eigenvalue weighted by Crippen LogP contribution is 2.28. The molecule has 3 rings (SSSR count). The van der Waals surface area contributed by atoms with Crippen LogP contribution >= 0.6 is 0 Å². The number of hydrogen-bond acceptors (Lipinski definition) is 5. The predicted molar refractivity (Wildman–Crippen MR) is 105 cm³/mol. The van der Waals surface area contributed by atoms with Gasteiger partial charge >= 0.3 is 5.97 Å². The lowest BCUT2D eigenvalue weighted by Gasteiger charge is -2.15. The molecule has 1 N–H and O–H groups in total. The Labute approximate surface area is 157 Å². The molecule has 0 unspecified atom stereocenters. The van der Waals surface area contributed by atoms with Gasteiger partial charge in [0, 0.05) is 38.0 Å². The number of benzene rings is 1. The first-order valence-electron chi connectivity index (χ1n) is 8.72. The molecule has 0 spiro atoms. The van der Waals surface area contributed by atoms with Gasteiger partial charge in [0.2, 0.25) is 0 Å². The van der Waals surface area contributed by atoms with Gasteiger partial charge in [-0.3, -0.25) is 9.20 Å². The number of aromatic nitrogens is 1. The summed E-state index contributed by atoms with van der Waals surface area (Å²) in [6.45, 7) is 1.78. The smallest absolute Gasteiger partial charge is 0.347 e. The lowest BCUT2D eigenvalue weighted by atomic mass is 10.0. The van der Waals surface area contributed by atoms with E-state index >= 15 is 0 Å². The lowest BCUT2D eigenvalue weighted by molar-refractivity contribution is 0.0520. The maximum Gasteiger partial charge on any atom is 0.347 e. The molecule has 0 bridgehead atoms. The molecule has 0 aliphatic carbocycles. The minimum Gasteiger partial charge on any atom is -0.506 e. The first-order chi connectivity index (χ1) is 12.9. The number of fused-ring (bicyclic) bond motifs is 1. The molecule has 2 heterocycles. The van der Waals surface area contributed by atoms with E-state index in [4.69, 9.17) is 4.74 Å². The number of aromatic hydroxyl groups is 1. The standard InChI is InChI=1S/C21H22N2O4/c1-4-27-21(26)18-19(24)16(17-7-5-6-12-23(17)20(18)25)13-14-8-10-15(11-9-14)22(2)3/h5-12,24H,4,13H2,1-3H3. The molecular weight excluding hydrogens is 344 g/mol. The third kappa shape index (κ3) is 3.51. The highest BCUT2D eigenvalue weighted by molar-refractivity contribution is 5.93. The fraction of sp³-hybridized carbons (Fsp3) is 0.238. The number of rotatable bonds is 5. The van der Waals surface area contributed by atoms with Gasteiger partial charge in [-0.25, -0.2) is 4.79 Å². The van der Waals surface area contributed by atoms with Crippen molar-refractivity contribution in [3.63, 3.8) is 0 Å². The summed E-state index contributed by atoms with van der Waals surface area (Å²) in [5.74, 6) is -1.14. The maximum atomic E-state index is 12.7. The van der Waals surface area contributed by atoms with E-state index in [0.29, 0.717) is 17.5 Å². The van der Waals surface area contributed by atoms with E-state index in [-0.39, 0.29) is 17.9 Å². The Balaban J connectivity index is 2.16. The van der Waals surface area contributed by atoms with Crippen molar-refractivity contribution in [3.05, 3.63) is 75.7 Å². The van der Waals surface area contributed by atoms with Crippen LogP contribution in [0.3, 0.4) is 0 Å². The number of hydrogen-bond donors (Lipinski definition) is 1. The Morgan fingerprint density at radius 2 is 1.85 bits per heavy atom. The van der Waals surface area contributed by atoms with Gasteiger partial charge in [-0.2, -0.15) is 0 Å². The summed E-state index contributed by atoms with van der Waals surface area (Å²) in [5.41, 5.74) is 2.16. The minimum atomic E-state index is -0.817. The number of pyridine rings is 2. The van der Waals surface area contributed by atoms with Gasteiger partial charge < -0.3 is 14.7 Å². The summed E-state index contributed by atoms with van der Waals surface area (Å²) in [4.78, 5) is 26.9. The van der Waals surface area contributed by atoms with E-state index in [0.717, 1.165) is 11.3 Å². The summed E-state index contributed by atoms with van der Waals surface area (Å²) in [5, 5.41) is 10.7. The van der Waals surface area contributed by atoms with Crippen molar-refractivity contribution >= 4 is 17.2 Å². The van der Waals surface area contributed by atoms with Crippen molar-refractivity contribution in [1.29, 1.82) is 0 Å². The molecule has 3 aromatic rings. The highest BCUT2D eigenvalue weighted by Gasteiger charge is 2.24. The summed E-state index contributed by atoms with van der Waals surface area (Å²) >= 11 is 0. The van der Waals surface area contributed by atoms with Crippen LogP contribution in [-0.2, 0) is 11.2 Å². The van der Waals surface area contributed by atoms with Crippen molar-refractivity contribution in [2.24, 2.45) is 0 Å². The Bertz CT molecular complexity index is 1040. The van der Waals surface area contributed by atoms with Gasteiger partial charge in [-0.15, -0.1) is 0 Å². The van der Waals surface area contributed by atoms with Gasteiger partial charge in [0.25, 0.3) is 5.56 Å². The molecule has 0 fully saturated rings. The monoisotopic (exact) mass is 366 g/mol. The molecule has 0 aliphatic rings. The normalized spacial score (nSPS) is 10.8. The van der Waals surface area contributed by atoms with Gasteiger partial charge in [0.15, 0.2) is 5.56 Å². The minimum absolute atomic E-state index is 0.122. The van der Waals surface area contributed by atoms with Crippen molar-refractivity contribution in [3.8, 4) is 5.75 Å². The maximum absolute atomic E-state index is 12.7. The zero-order valence-corrected chi connectivity index (χ0v) is 15.6. The van der Waals surface area contributed by atoms with Crippen LogP contribution in [-0.4, -0.2) is 36.2 Å². The van der Waals surface area contributed by atoms with Crippen LogP contribution in [0.15, 0.2) is 53.5 Å². The molecule has 2 aromatic heterocycles. The average molecular weight is 366 g/mol. The summed E-state index contributed by atoms with van der Waals surface area (Å²) in [7, 11) is 3.92. The van der Waals surface area contributed by atoms with Crippen molar-refractivity contribution in [2.75, 3.05) is 25.6 Å². The number of esters is 1. The molecule has 27 heavy (non-hydrogen) atoms. The topological polar surface area (TPSA) is 71.2 Å². The second-order valence-corrected chi connectivity index (χ2v) is 6.42. The second-order valence-electron chi connectivity index (χ2n) is 6.42. The summed E-state index contributed by atoms with van der Waals surface area (Å²) < 4.78 is 6.34. The van der Waals surface area contributed by atoms with Crippen LogP contribution in [0.1, 0.15) is 28.4 Å². The van der Waals surface area contributed by atoms with Crippen molar-refractivity contribution < 1.29 is 14.6 Å². The third-order valence-corrected chi connectivity index (χ3v) is 4.44. The molecule has 6 nitrogen and oxygen atoms in total. The van der Waals surface area contributed by atoms with E-state index in [9.17, 15) is 14.7 Å². The molecule has 0 saturated heterocycles. The molecule has 0 saturated carbocycles. The van der Waals surface area contributed by atoms with E-state index in [1.807, 2.05) is 43.3 Å². The van der Waals surface area contributed by atoms with Crippen LogP contribution in [0.25, 0.3) is 5.52 Å². The molecule has 0 amide bonds. The van der Waals surface area contributed by atoms with Crippen LogP contribution in [0.2, 0.25) is 0 Å². The quantitative estimate of drug-likeness (QED) is 0.703. The SMILES string of the molecule is CCOC(=O)c1c(O)c(Cc2ccc(N(C)C)cc2)c2ccccn2c1=O. The zero-order valence-electron chi connectivity index (χ0n) is 15.6. The number of nitrogens with zero attached hydrogens (tertiary/aromatic N) is 2. The summed E-state index contributed by atoms with van der Waals surface area (Å²) in [6, 6.07) is 13.1. The fourth-order valence-corrected chi connectivity index (χ4v) is 3.04. The fourth-order valence-electron chi connectivity index (χ4n) is 3.04. The largest absolute Gasteiger partial charge is 0.506 e. The van der Waals surface area contributed by atoms with E-state index < -0.39 is 11.5 Å². The highest BCUT2D eigenvalue weighted by atomic mass is 16.5. The molecule has 1 aromatic carbocycles. The molecule has 0 radical (unpaired) electrons. The van der Waals surface area contributed by atoms with Gasteiger partial charge in [-0.05, 0) is 36.8 Å². The van der Waals surface area contributed by atoms with Gasteiger partial charge in [0.1, 0.15) is 5.75 Å². The number of carbonyl (C=O) groups is 1. The van der Waals surface area contributed by atoms with Gasteiger partial charge in [0.05, 0.1) is 12.1 Å². The van der Waals surface area contributed by atoms with Crippen molar-refractivity contribution in [1.82, 2.24) is 4.40 Å². The Morgan fingerprint density at radius 3 is 2.48 bits per heavy atom. The third-order valence-electron chi connectivity index (χ3n) is 4.44. The second kappa shape index (κ2) is 7.53. The first kappa shape index (κ1) is 18.5.